The second-order valence-electron chi connectivity index (χ2n) is 4.51. The second kappa shape index (κ2) is 4.76. The highest BCUT2D eigenvalue weighted by Crippen LogP contribution is 2.23. The van der Waals surface area contributed by atoms with Crippen molar-refractivity contribution in [2.24, 2.45) is 5.92 Å². The van der Waals surface area contributed by atoms with Crippen LogP contribution >= 0.6 is 0 Å². The van der Waals surface area contributed by atoms with Gasteiger partial charge < -0.3 is 5.11 Å². The van der Waals surface area contributed by atoms with Crippen LogP contribution in [0.25, 0.3) is 0 Å². The molecule has 2 rings (SSSR count). The first-order valence-corrected chi connectivity index (χ1v) is 7.19. The SMILES string of the molecule is CC1CCN(S(=O)(=O)c2ccccc2)CC1O. The number of rotatable bonds is 2. The Morgan fingerprint density at radius 1 is 1.29 bits per heavy atom. The third kappa shape index (κ3) is 2.51. The Morgan fingerprint density at radius 2 is 1.94 bits per heavy atom. The summed E-state index contributed by atoms with van der Waals surface area (Å²) < 4.78 is 25.9. The van der Waals surface area contributed by atoms with Crippen molar-refractivity contribution < 1.29 is 13.5 Å². The van der Waals surface area contributed by atoms with Crippen LogP contribution in [0.3, 0.4) is 0 Å². The molecule has 94 valence electrons. The van der Waals surface area contributed by atoms with E-state index in [2.05, 4.69) is 0 Å². The zero-order valence-electron chi connectivity index (χ0n) is 9.78. The van der Waals surface area contributed by atoms with Gasteiger partial charge in [-0.05, 0) is 24.5 Å². The molecule has 2 atom stereocenters. The fourth-order valence-electron chi connectivity index (χ4n) is 1.98. The lowest BCUT2D eigenvalue weighted by atomic mass is 9.98. The van der Waals surface area contributed by atoms with Gasteiger partial charge in [-0.3, -0.25) is 0 Å². The second-order valence-corrected chi connectivity index (χ2v) is 6.45. The molecule has 1 aliphatic heterocycles. The van der Waals surface area contributed by atoms with Crippen molar-refractivity contribution in [2.75, 3.05) is 13.1 Å². The highest BCUT2D eigenvalue weighted by atomic mass is 32.2. The van der Waals surface area contributed by atoms with Gasteiger partial charge in [-0.2, -0.15) is 4.31 Å². The molecular weight excluding hydrogens is 238 g/mol. The van der Waals surface area contributed by atoms with E-state index in [4.69, 9.17) is 0 Å². The lowest BCUT2D eigenvalue weighted by Gasteiger charge is -2.33. The maximum Gasteiger partial charge on any atom is 0.243 e. The van der Waals surface area contributed by atoms with Gasteiger partial charge in [-0.1, -0.05) is 25.1 Å². The zero-order chi connectivity index (χ0) is 12.5. The van der Waals surface area contributed by atoms with E-state index in [1.54, 1.807) is 30.3 Å². The molecule has 5 heteroatoms. The fraction of sp³-hybridized carbons (Fsp3) is 0.500. The molecule has 0 aromatic heterocycles. The first-order chi connectivity index (χ1) is 8.01. The predicted molar refractivity (Wildman–Crippen MR) is 65.0 cm³/mol. The molecule has 0 bridgehead atoms. The normalized spacial score (nSPS) is 26.9. The predicted octanol–water partition coefficient (Wildman–Crippen LogP) is 1.08. The van der Waals surface area contributed by atoms with Gasteiger partial charge in [0, 0.05) is 13.1 Å². The number of hydrogen-bond donors (Lipinski definition) is 1. The summed E-state index contributed by atoms with van der Waals surface area (Å²) in [5.41, 5.74) is 0. The van der Waals surface area contributed by atoms with E-state index in [9.17, 15) is 13.5 Å². The molecule has 1 N–H and O–H groups in total. The monoisotopic (exact) mass is 255 g/mol. The summed E-state index contributed by atoms with van der Waals surface area (Å²) in [6.07, 6.45) is 0.134. The van der Waals surface area contributed by atoms with Crippen molar-refractivity contribution >= 4 is 10.0 Å². The van der Waals surface area contributed by atoms with E-state index in [0.717, 1.165) is 0 Å². The number of aliphatic hydroxyl groups excluding tert-OH is 1. The minimum absolute atomic E-state index is 0.164. The van der Waals surface area contributed by atoms with E-state index in [1.807, 2.05) is 6.92 Å². The summed E-state index contributed by atoms with van der Waals surface area (Å²) in [5.74, 6) is 0.164. The van der Waals surface area contributed by atoms with Crippen LogP contribution in [0.15, 0.2) is 35.2 Å². The number of aliphatic hydroxyl groups is 1. The van der Waals surface area contributed by atoms with Crippen LogP contribution in [0, 0.1) is 5.92 Å². The summed E-state index contributed by atoms with van der Waals surface area (Å²) in [7, 11) is -3.45. The molecule has 1 heterocycles. The van der Waals surface area contributed by atoms with Crippen molar-refractivity contribution in [2.45, 2.75) is 24.3 Å². The summed E-state index contributed by atoms with van der Waals surface area (Å²) in [5, 5.41) is 9.75. The third-order valence-electron chi connectivity index (χ3n) is 3.26. The Hall–Kier alpha value is -0.910. The Kier molecular flexibility index (Phi) is 3.51. The summed E-state index contributed by atoms with van der Waals surface area (Å²) in [6.45, 7) is 2.62. The van der Waals surface area contributed by atoms with Crippen molar-refractivity contribution in [3.8, 4) is 0 Å². The molecule has 0 saturated carbocycles. The molecule has 1 fully saturated rings. The summed E-state index contributed by atoms with van der Waals surface area (Å²) in [4.78, 5) is 0.293. The van der Waals surface area contributed by atoms with Gasteiger partial charge in [0.15, 0.2) is 0 Å². The van der Waals surface area contributed by atoms with Gasteiger partial charge in [-0.15, -0.1) is 0 Å². The molecule has 1 aromatic carbocycles. The minimum atomic E-state index is -3.45. The Labute approximate surface area is 102 Å². The van der Waals surface area contributed by atoms with E-state index in [-0.39, 0.29) is 12.5 Å². The summed E-state index contributed by atoms with van der Waals surface area (Å²) in [6, 6.07) is 8.36. The van der Waals surface area contributed by atoms with Crippen LogP contribution in [-0.4, -0.2) is 37.0 Å². The van der Waals surface area contributed by atoms with E-state index >= 15 is 0 Å². The highest BCUT2D eigenvalue weighted by Gasteiger charge is 2.32. The molecule has 4 nitrogen and oxygen atoms in total. The van der Waals surface area contributed by atoms with Gasteiger partial charge >= 0.3 is 0 Å². The van der Waals surface area contributed by atoms with Crippen molar-refractivity contribution in [1.82, 2.24) is 4.31 Å². The topological polar surface area (TPSA) is 57.6 Å². The first-order valence-electron chi connectivity index (χ1n) is 5.75. The van der Waals surface area contributed by atoms with Crippen LogP contribution < -0.4 is 0 Å². The molecule has 17 heavy (non-hydrogen) atoms. The van der Waals surface area contributed by atoms with Crippen molar-refractivity contribution in [3.05, 3.63) is 30.3 Å². The summed E-state index contributed by atoms with van der Waals surface area (Å²) >= 11 is 0. The van der Waals surface area contributed by atoms with Gasteiger partial charge in [-0.25, -0.2) is 8.42 Å². The van der Waals surface area contributed by atoms with E-state index < -0.39 is 16.1 Å². The van der Waals surface area contributed by atoms with Crippen LogP contribution in [0.4, 0.5) is 0 Å². The molecule has 1 saturated heterocycles. The number of sulfonamides is 1. The smallest absolute Gasteiger partial charge is 0.243 e. The maximum absolute atomic E-state index is 12.3. The van der Waals surface area contributed by atoms with E-state index in [1.165, 1.54) is 4.31 Å². The molecule has 1 aliphatic rings. The number of β-amino-alcohol motifs (C(OH)–C–C–N with tert-alkyl or cyclic N) is 1. The van der Waals surface area contributed by atoms with Gasteiger partial charge in [0.1, 0.15) is 0 Å². The number of nitrogens with zero attached hydrogens (tertiary/aromatic N) is 1. The van der Waals surface area contributed by atoms with Crippen LogP contribution in [0.5, 0.6) is 0 Å². The third-order valence-corrected chi connectivity index (χ3v) is 5.14. The Balaban J connectivity index is 2.23. The van der Waals surface area contributed by atoms with Crippen LogP contribution in [0.1, 0.15) is 13.3 Å². The average Bonchev–Trinajstić information content (AvgIpc) is 2.33. The maximum atomic E-state index is 12.3. The number of piperidine rings is 1. The van der Waals surface area contributed by atoms with Crippen molar-refractivity contribution in [3.63, 3.8) is 0 Å². The average molecular weight is 255 g/mol. The quantitative estimate of drug-likeness (QED) is 0.860. The lowest BCUT2D eigenvalue weighted by molar-refractivity contribution is 0.0605. The number of hydrogen-bond acceptors (Lipinski definition) is 3. The van der Waals surface area contributed by atoms with Crippen LogP contribution in [0.2, 0.25) is 0 Å². The molecule has 0 spiro atoms. The molecule has 1 aromatic rings. The fourth-order valence-corrected chi connectivity index (χ4v) is 3.47. The molecule has 0 aliphatic carbocycles. The van der Waals surface area contributed by atoms with Crippen LogP contribution in [-0.2, 0) is 10.0 Å². The van der Waals surface area contributed by atoms with Gasteiger partial charge in [0.05, 0.1) is 11.0 Å². The minimum Gasteiger partial charge on any atom is -0.391 e. The Bertz CT molecular complexity index is 472. The molecule has 0 radical (unpaired) electrons. The van der Waals surface area contributed by atoms with Crippen molar-refractivity contribution in [1.29, 1.82) is 0 Å². The Morgan fingerprint density at radius 3 is 2.53 bits per heavy atom. The molecule has 2 unspecified atom stereocenters. The first kappa shape index (κ1) is 12.5. The van der Waals surface area contributed by atoms with Gasteiger partial charge in [0.25, 0.3) is 0 Å². The highest BCUT2D eigenvalue weighted by molar-refractivity contribution is 7.89. The van der Waals surface area contributed by atoms with E-state index in [0.29, 0.717) is 17.9 Å². The van der Waals surface area contributed by atoms with Gasteiger partial charge in [0.2, 0.25) is 10.0 Å². The standard InChI is InChI=1S/C12H17NO3S/c1-10-7-8-13(9-12(10)14)17(15,16)11-5-3-2-4-6-11/h2-6,10,12,14H,7-9H2,1H3. The largest absolute Gasteiger partial charge is 0.391 e. The molecule has 0 amide bonds. The lowest BCUT2D eigenvalue weighted by Crippen LogP contribution is -2.45. The zero-order valence-corrected chi connectivity index (χ0v) is 10.6. The number of benzene rings is 1. The molecular formula is C12H17NO3S.